The number of nitrogens with zero attached hydrogens (tertiary/aromatic N) is 1. The van der Waals surface area contributed by atoms with Crippen LogP contribution in [0.1, 0.15) is 30.0 Å². The fourth-order valence-corrected chi connectivity index (χ4v) is 2.62. The lowest BCUT2D eigenvalue weighted by atomic mass is 10.1. The third-order valence-corrected chi connectivity index (χ3v) is 3.97. The molecule has 6 heteroatoms. The summed E-state index contributed by atoms with van der Waals surface area (Å²) >= 11 is 0. The van der Waals surface area contributed by atoms with E-state index in [2.05, 4.69) is 15.5 Å². The van der Waals surface area contributed by atoms with Gasteiger partial charge in [-0.25, -0.2) is 0 Å². The molecule has 1 fully saturated rings. The number of rotatable bonds is 4. The van der Waals surface area contributed by atoms with Gasteiger partial charge in [0.25, 0.3) is 0 Å². The van der Waals surface area contributed by atoms with E-state index in [0.717, 1.165) is 11.3 Å². The van der Waals surface area contributed by atoms with Crippen LogP contribution in [0.5, 0.6) is 0 Å². The monoisotopic (exact) mass is 309 g/mol. The van der Waals surface area contributed by atoms with Crippen LogP contribution in [0, 0.1) is 0 Å². The molecule has 0 radical (unpaired) electrons. The van der Waals surface area contributed by atoms with Gasteiger partial charge in [0.1, 0.15) is 5.58 Å². The molecule has 2 heterocycles. The predicted molar refractivity (Wildman–Crippen MR) is 85.4 cm³/mol. The van der Waals surface area contributed by atoms with Crippen molar-refractivity contribution >= 4 is 22.7 Å². The molecular weight excluding hydrogens is 294 g/mol. The number of fused-ring (bicyclic) bond motifs is 1. The molecule has 3 aromatic rings. The zero-order valence-electron chi connectivity index (χ0n) is 12.3. The standard InChI is InChI=1S/C17H15N3O3/c21-14-5-6-23-15-4-1-10(7-12(14)15)8-17(22)18-16-9-13(19-20-16)11-2-3-11/h1,4-7,9,11H,2-3,8H2,(H2,18,19,20,22). The average molecular weight is 309 g/mol. The van der Waals surface area contributed by atoms with Gasteiger partial charge >= 0.3 is 0 Å². The van der Waals surface area contributed by atoms with E-state index in [1.54, 1.807) is 18.2 Å². The lowest BCUT2D eigenvalue weighted by molar-refractivity contribution is -0.115. The van der Waals surface area contributed by atoms with Gasteiger partial charge in [0.15, 0.2) is 11.2 Å². The molecule has 0 atom stereocenters. The van der Waals surface area contributed by atoms with Crippen LogP contribution in [0.3, 0.4) is 0 Å². The molecule has 23 heavy (non-hydrogen) atoms. The minimum absolute atomic E-state index is 0.116. The third-order valence-electron chi connectivity index (χ3n) is 3.97. The van der Waals surface area contributed by atoms with Crippen molar-refractivity contribution in [1.29, 1.82) is 0 Å². The summed E-state index contributed by atoms with van der Waals surface area (Å²) in [5, 5.41) is 10.3. The number of amides is 1. The molecule has 1 amide bonds. The first-order valence-electron chi connectivity index (χ1n) is 7.54. The van der Waals surface area contributed by atoms with Gasteiger partial charge in [0.2, 0.25) is 5.91 Å². The van der Waals surface area contributed by atoms with Gasteiger partial charge in [-0.2, -0.15) is 5.10 Å². The molecule has 0 unspecified atom stereocenters. The van der Waals surface area contributed by atoms with Crippen molar-refractivity contribution in [2.24, 2.45) is 0 Å². The van der Waals surface area contributed by atoms with Crippen LogP contribution in [0.25, 0.3) is 11.0 Å². The Bertz CT molecular complexity index is 937. The first-order chi connectivity index (χ1) is 11.2. The van der Waals surface area contributed by atoms with Crippen molar-refractivity contribution in [3.05, 3.63) is 58.1 Å². The summed E-state index contributed by atoms with van der Waals surface area (Å²) in [6.45, 7) is 0. The van der Waals surface area contributed by atoms with Gasteiger partial charge in [-0.05, 0) is 30.5 Å². The lowest BCUT2D eigenvalue weighted by Gasteiger charge is -2.03. The summed E-state index contributed by atoms with van der Waals surface area (Å²) in [4.78, 5) is 23.9. The molecular formula is C17H15N3O3. The highest BCUT2D eigenvalue weighted by Crippen LogP contribution is 2.39. The maximum Gasteiger partial charge on any atom is 0.229 e. The Hall–Kier alpha value is -2.89. The number of benzene rings is 1. The Morgan fingerprint density at radius 1 is 1.30 bits per heavy atom. The average Bonchev–Trinajstić information content (AvgIpc) is 3.29. The Labute approximate surface area is 131 Å². The molecule has 2 N–H and O–H groups in total. The number of anilines is 1. The molecule has 1 aliphatic carbocycles. The zero-order chi connectivity index (χ0) is 15.8. The second kappa shape index (κ2) is 5.39. The Kier molecular flexibility index (Phi) is 3.22. The summed E-state index contributed by atoms with van der Waals surface area (Å²) in [5.74, 6) is 0.934. The second-order valence-corrected chi connectivity index (χ2v) is 5.82. The topological polar surface area (TPSA) is 88.0 Å². The summed E-state index contributed by atoms with van der Waals surface area (Å²) in [5.41, 5.74) is 2.23. The summed E-state index contributed by atoms with van der Waals surface area (Å²) in [7, 11) is 0. The van der Waals surface area contributed by atoms with Crippen molar-refractivity contribution in [2.75, 3.05) is 5.32 Å². The van der Waals surface area contributed by atoms with Crippen molar-refractivity contribution < 1.29 is 9.21 Å². The maximum atomic E-state index is 12.1. The van der Waals surface area contributed by atoms with E-state index >= 15 is 0 Å². The van der Waals surface area contributed by atoms with E-state index in [4.69, 9.17) is 4.42 Å². The quantitative estimate of drug-likeness (QED) is 0.775. The van der Waals surface area contributed by atoms with Crippen molar-refractivity contribution in [1.82, 2.24) is 10.2 Å². The SMILES string of the molecule is O=C(Cc1ccc2occc(=O)c2c1)Nc1cc(C2CC2)[nH]n1. The van der Waals surface area contributed by atoms with Gasteiger partial charge in [0.05, 0.1) is 18.1 Å². The van der Waals surface area contributed by atoms with Crippen LogP contribution in [-0.2, 0) is 11.2 Å². The van der Waals surface area contributed by atoms with Crippen LogP contribution < -0.4 is 10.7 Å². The molecule has 1 aromatic carbocycles. The number of aromatic amines is 1. The largest absolute Gasteiger partial charge is 0.464 e. The van der Waals surface area contributed by atoms with Crippen LogP contribution in [0.4, 0.5) is 5.82 Å². The molecule has 4 rings (SSSR count). The van der Waals surface area contributed by atoms with Crippen LogP contribution in [0.2, 0.25) is 0 Å². The molecule has 0 spiro atoms. The molecule has 116 valence electrons. The number of aromatic nitrogens is 2. The molecule has 1 saturated carbocycles. The summed E-state index contributed by atoms with van der Waals surface area (Å²) in [6, 6.07) is 8.44. The van der Waals surface area contributed by atoms with Crippen molar-refractivity contribution in [2.45, 2.75) is 25.2 Å². The third kappa shape index (κ3) is 2.88. The fourth-order valence-electron chi connectivity index (χ4n) is 2.62. The number of nitrogens with one attached hydrogen (secondary N) is 2. The maximum absolute atomic E-state index is 12.1. The van der Waals surface area contributed by atoms with Gasteiger partial charge in [0, 0.05) is 23.7 Å². The minimum Gasteiger partial charge on any atom is -0.464 e. The first-order valence-corrected chi connectivity index (χ1v) is 7.54. The Morgan fingerprint density at radius 3 is 3.00 bits per heavy atom. The van der Waals surface area contributed by atoms with E-state index in [9.17, 15) is 9.59 Å². The van der Waals surface area contributed by atoms with E-state index < -0.39 is 0 Å². The zero-order valence-corrected chi connectivity index (χ0v) is 12.3. The van der Waals surface area contributed by atoms with E-state index in [0.29, 0.717) is 22.7 Å². The van der Waals surface area contributed by atoms with Crippen molar-refractivity contribution in [3.8, 4) is 0 Å². The smallest absolute Gasteiger partial charge is 0.229 e. The number of carbonyl (C=O) groups excluding carboxylic acids is 1. The first kappa shape index (κ1) is 13.8. The van der Waals surface area contributed by atoms with Gasteiger partial charge in [-0.15, -0.1) is 0 Å². The number of hydrogen-bond donors (Lipinski definition) is 2. The molecule has 1 aliphatic rings. The number of hydrogen-bond acceptors (Lipinski definition) is 4. The van der Waals surface area contributed by atoms with E-state index in [1.165, 1.54) is 25.2 Å². The number of carbonyl (C=O) groups is 1. The highest BCUT2D eigenvalue weighted by molar-refractivity contribution is 5.92. The Balaban J connectivity index is 1.49. The highest BCUT2D eigenvalue weighted by atomic mass is 16.3. The minimum atomic E-state index is -0.168. The predicted octanol–water partition coefficient (Wildman–Crippen LogP) is 2.57. The summed E-state index contributed by atoms with van der Waals surface area (Å²) in [6.07, 6.45) is 3.90. The fraction of sp³-hybridized carbons (Fsp3) is 0.235. The second-order valence-electron chi connectivity index (χ2n) is 5.82. The van der Waals surface area contributed by atoms with Crippen LogP contribution >= 0.6 is 0 Å². The molecule has 0 aliphatic heterocycles. The van der Waals surface area contributed by atoms with E-state index in [1.807, 2.05) is 6.07 Å². The van der Waals surface area contributed by atoms with Crippen LogP contribution in [0.15, 0.2) is 45.8 Å². The van der Waals surface area contributed by atoms with Gasteiger partial charge < -0.3 is 9.73 Å². The Morgan fingerprint density at radius 2 is 2.17 bits per heavy atom. The van der Waals surface area contributed by atoms with Crippen molar-refractivity contribution in [3.63, 3.8) is 0 Å². The highest BCUT2D eigenvalue weighted by Gasteiger charge is 2.25. The molecule has 0 saturated heterocycles. The van der Waals surface area contributed by atoms with Crippen LogP contribution in [-0.4, -0.2) is 16.1 Å². The van der Waals surface area contributed by atoms with Gasteiger partial charge in [-0.1, -0.05) is 6.07 Å². The molecule has 0 bridgehead atoms. The normalized spacial score (nSPS) is 14.1. The molecule has 2 aromatic heterocycles. The summed E-state index contributed by atoms with van der Waals surface area (Å²) < 4.78 is 5.26. The lowest BCUT2D eigenvalue weighted by Crippen LogP contribution is -2.14. The van der Waals surface area contributed by atoms with Gasteiger partial charge in [-0.3, -0.25) is 14.7 Å². The number of H-pyrrole nitrogens is 1. The molecule has 6 nitrogen and oxygen atoms in total. The van der Waals surface area contributed by atoms with E-state index in [-0.39, 0.29) is 17.8 Å².